The summed E-state index contributed by atoms with van der Waals surface area (Å²) in [5.74, 6) is -2.21. The molecule has 8 nitrogen and oxygen atoms in total. The molecule has 2 aromatic carbocycles. The lowest BCUT2D eigenvalue weighted by atomic mass is 10.1. The Balaban J connectivity index is 2.38. The highest BCUT2D eigenvalue weighted by atomic mass is 32.2. The van der Waals surface area contributed by atoms with Crippen LogP contribution in [0, 0.1) is 6.92 Å². The van der Waals surface area contributed by atoms with Crippen LogP contribution in [0.1, 0.15) is 16.1 Å². The number of ether oxygens (including phenoxy) is 1. The van der Waals surface area contributed by atoms with Gasteiger partial charge in [-0.05, 0) is 48.9 Å². The molecule has 30 heavy (non-hydrogen) atoms. The topological polar surface area (TPSA) is 116 Å². The van der Waals surface area contributed by atoms with Gasteiger partial charge in [-0.1, -0.05) is 0 Å². The van der Waals surface area contributed by atoms with Gasteiger partial charge in [-0.2, -0.15) is 5.10 Å². The van der Waals surface area contributed by atoms with Gasteiger partial charge in [0.2, 0.25) is 11.1 Å². The average molecular weight is 442 g/mol. The van der Waals surface area contributed by atoms with Crippen molar-refractivity contribution in [2.24, 2.45) is 0 Å². The summed E-state index contributed by atoms with van der Waals surface area (Å²) in [5.41, 5.74) is -1.52. The van der Waals surface area contributed by atoms with Crippen LogP contribution >= 0.6 is 0 Å². The van der Waals surface area contributed by atoms with Gasteiger partial charge >= 0.3 is 12.3 Å². The number of aryl methyl sites for hydroxylation is 1. The molecule has 0 saturated heterocycles. The van der Waals surface area contributed by atoms with E-state index in [1.165, 1.54) is 12.1 Å². The van der Waals surface area contributed by atoms with Crippen molar-refractivity contribution in [3.63, 3.8) is 0 Å². The molecule has 0 aliphatic carbocycles. The van der Waals surface area contributed by atoms with Gasteiger partial charge in [-0.15, -0.1) is 13.2 Å². The number of sulfone groups is 1. The van der Waals surface area contributed by atoms with Crippen molar-refractivity contribution in [3.05, 3.63) is 57.9 Å². The molecule has 3 rings (SSSR count). The minimum atomic E-state index is -4.90. The zero-order chi connectivity index (χ0) is 22.4. The molecule has 158 valence electrons. The van der Waals surface area contributed by atoms with Crippen molar-refractivity contribution in [2.45, 2.75) is 18.2 Å². The molecule has 1 heterocycles. The predicted octanol–water partition coefficient (Wildman–Crippen LogP) is 2.69. The van der Waals surface area contributed by atoms with Gasteiger partial charge in [-0.25, -0.2) is 17.9 Å². The normalized spacial score (nSPS) is 12.2. The zero-order valence-corrected chi connectivity index (χ0v) is 16.2. The molecule has 0 amide bonds. The van der Waals surface area contributed by atoms with Crippen LogP contribution in [0.25, 0.3) is 16.6 Å². The van der Waals surface area contributed by atoms with E-state index in [-0.39, 0.29) is 21.5 Å². The monoisotopic (exact) mass is 442 g/mol. The van der Waals surface area contributed by atoms with Gasteiger partial charge in [0, 0.05) is 6.26 Å². The van der Waals surface area contributed by atoms with Crippen molar-refractivity contribution >= 4 is 26.7 Å². The molecule has 0 aliphatic rings. The molecule has 0 fully saturated rings. The number of carboxylic acids is 1. The number of benzene rings is 2. The number of halogens is 3. The van der Waals surface area contributed by atoms with Crippen LogP contribution < -0.4 is 10.2 Å². The Kier molecular flexibility index (Phi) is 5.06. The highest BCUT2D eigenvalue weighted by Gasteiger charge is 2.31. The average Bonchev–Trinajstić information content (AvgIpc) is 2.60. The summed E-state index contributed by atoms with van der Waals surface area (Å²) in [6.45, 7) is 1.56. The van der Waals surface area contributed by atoms with Crippen molar-refractivity contribution in [1.29, 1.82) is 0 Å². The maximum atomic E-state index is 12.7. The Morgan fingerprint density at radius 2 is 1.77 bits per heavy atom. The first-order valence-corrected chi connectivity index (χ1v) is 10.0. The van der Waals surface area contributed by atoms with Crippen LogP contribution in [0.2, 0.25) is 0 Å². The molecule has 3 aromatic rings. The number of aromatic carboxylic acids is 1. The van der Waals surface area contributed by atoms with Crippen LogP contribution in [-0.2, 0) is 9.84 Å². The minimum Gasteiger partial charge on any atom is -0.476 e. The fraction of sp³-hybridized carbons (Fsp3) is 0.167. The van der Waals surface area contributed by atoms with Crippen LogP contribution in [-0.4, -0.2) is 41.9 Å². The van der Waals surface area contributed by atoms with Crippen LogP contribution in [0.15, 0.2) is 46.1 Å². The number of carbonyl (C=O) groups is 1. The van der Waals surface area contributed by atoms with Gasteiger partial charge in [0.25, 0.3) is 0 Å². The lowest BCUT2D eigenvalue weighted by Crippen LogP contribution is -2.24. The van der Waals surface area contributed by atoms with Gasteiger partial charge in [0.05, 0.1) is 21.5 Å². The molecule has 0 spiro atoms. The highest BCUT2D eigenvalue weighted by Crippen LogP contribution is 2.27. The number of fused-ring (bicyclic) bond motifs is 1. The van der Waals surface area contributed by atoms with E-state index >= 15 is 0 Å². The van der Waals surface area contributed by atoms with E-state index < -0.39 is 39.0 Å². The minimum absolute atomic E-state index is 0.0186. The largest absolute Gasteiger partial charge is 0.573 e. The fourth-order valence-corrected chi connectivity index (χ4v) is 3.83. The van der Waals surface area contributed by atoms with E-state index in [1.54, 1.807) is 6.92 Å². The third-order valence-electron chi connectivity index (χ3n) is 4.01. The van der Waals surface area contributed by atoms with Crippen molar-refractivity contribution < 1.29 is 36.2 Å². The van der Waals surface area contributed by atoms with E-state index in [9.17, 15) is 36.3 Å². The molecule has 0 saturated carbocycles. The second-order valence-corrected chi connectivity index (χ2v) is 8.35. The summed E-state index contributed by atoms with van der Waals surface area (Å²) >= 11 is 0. The first kappa shape index (κ1) is 21.3. The first-order valence-electron chi connectivity index (χ1n) is 8.15. The van der Waals surface area contributed by atoms with Crippen molar-refractivity contribution in [1.82, 2.24) is 9.78 Å². The lowest BCUT2D eigenvalue weighted by Gasteiger charge is -2.15. The van der Waals surface area contributed by atoms with E-state index in [2.05, 4.69) is 9.84 Å². The predicted molar refractivity (Wildman–Crippen MR) is 98.8 cm³/mol. The smallest absolute Gasteiger partial charge is 0.476 e. The summed E-state index contributed by atoms with van der Waals surface area (Å²) in [6, 6.07) is 6.92. The van der Waals surface area contributed by atoms with E-state index in [1.807, 2.05) is 0 Å². The van der Waals surface area contributed by atoms with Crippen LogP contribution in [0.3, 0.4) is 0 Å². The number of aromatic nitrogens is 2. The second-order valence-electron chi connectivity index (χ2n) is 6.37. The summed E-state index contributed by atoms with van der Waals surface area (Å²) in [5, 5.41) is 12.7. The molecule has 0 aliphatic heterocycles. The number of rotatable bonds is 4. The van der Waals surface area contributed by atoms with Crippen molar-refractivity contribution in [3.8, 4) is 11.4 Å². The number of hydrogen-bond acceptors (Lipinski definition) is 6. The van der Waals surface area contributed by atoms with Gasteiger partial charge in [0.1, 0.15) is 5.75 Å². The van der Waals surface area contributed by atoms with Crippen LogP contribution in [0.5, 0.6) is 5.75 Å². The molecule has 1 aromatic heterocycles. The Labute approximate surface area is 167 Å². The molecular formula is C18H13F3N2O6S. The number of hydrogen-bond donors (Lipinski definition) is 1. The zero-order valence-electron chi connectivity index (χ0n) is 15.4. The maximum Gasteiger partial charge on any atom is 0.573 e. The molecule has 12 heteroatoms. The Bertz CT molecular complexity index is 1330. The van der Waals surface area contributed by atoms with E-state index in [4.69, 9.17) is 0 Å². The summed E-state index contributed by atoms with van der Waals surface area (Å²) in [4.78, 5) is 23.8. The standard InChI is InChI=1S/C18H13F3N2O6S/c1-9-7-12-14(13(8-9)30(2,27)28)16(24)15(17(25)26)22-23(12)10-3-5-11(6-4-10)29-18(19,20)21/h3-8H,1-2H3,(H,25,26). The fourth-order valence-electron chi connectivity index (χ4n) is 2.87. The first-order chi connectivity index (χ1) is 13.8. The third-order valence-corrected chi connectivity index (χ3v) is 5.13. The summed E-state index contributed by atoms with van der Waals surface area (Å²) < 4.78 is 66.3. The quantitative estimate of drug-likeness (QED) is 0.661. The molecule has 0 atom stereocenters. The highest BCUT2D eigenvalue weighted by molar-refractivity contribution is 7.91. The molecular weight excluding hydrogens is 429 g/mol. The second kappa shape index (κ2) is 7.13. The number of alkyl halides is 3. The molecule has 0 bridgehead atoms. The molecule has 1 N–H and O–H groups in total. The number of carboxylic acid groups (broad SMARTS) is 1. The van der Waals surface area contributed by atoms with Gasteiger partial charge in [0.15, 0.2) is 9.84 Å². The summed E-state index contributed by atoms with van der Waals surface area (Å²) in [7, 11) is -3.92. The van der Waals surface area contributed by atoms with Gasteiger partial charge < -0.3 is 9.84 Å². The maximum absolute atomic E-state index is 12.7. The molecule has 0 radical (unpaired) electrons. The summed E-state index contributed by atoms with van der Waals surface area (Å²) in [6.07, 6.45) is -4.03. The number of nitrogens with zero attached hydrogens (tertiary/aromatic N) is 2. The van der Waals surface area contributed by atoms with Crippen LogP contribution in [0.4, 0.5) is 13.2 Å². The Hall–Kier alpha value is -3.41. The molecule has 0 unspecified atom stereocenters. The lowest BCUT2D eigenvalue weighted by molar-refractivity contribution is -0.274. The van der Waals surface area contributed by atoms with E-state index in [0.29, 0.717) is 5.56 Å². The van der Waals surface area contributed by atoms with Gasteiger partial charge in [-0.3, -0.25) is 4.79 Å². The SMILES string of the molecule is Cc1cc(S(C)(=O)=O)c2c(=O)c(C(=O)O)nn(-c3ccc(OC(F)(F)F)cc3)c2c1. The Morgan fingerprint density at radius 3 is 2.27 bits per heavy atom. The van der Waals surface area contributed by atoms with E-state index in [0.717, 1.165) is 35.2 Å². The Morgan fingerprint density at radius 1 is 1.17 bits per heavy atom. The third kappa shape index (κ3) is 4.13. The van der Waals surface area contributed by atoms with Crippen molar-refractivity contribution in [2.75, 3.05) is 6.26 Å².